The Bertz CT molecular complexity index is 894. The maximum absolute atomic E-state index is 11.0. The van der Waals surface area contributed by atoms with Crippen molar-refractivity contribution in [1.29, 1.82) is 0 Å². The van der Waals surface area contributed by atoms with E-state index in [-0.39, 0.29) is 5.56 Å². The summed E-state index contributed by atoms with van der Waals surface area (Å²) in [5.41, 5.74) is 4.92. The summed E-state index contributed by atoms with van der Waals surface area (Å²) in [5.74, 6) is 0.457. The van der Waals surface area contributed by atoms with E-state index in [4.69, 9.17) is 14.4 Å². The predicted octanol–water partition coefficient (Wildman–Crippen LogP) is 4.33. The lowest BCUT2D eigenvalue weighted by Crippen LogP contribution is -1.95. The van der Waals surface area contributed by atoms with Gasteiger partial charge in [-0.1, -0.05) is 17.3 Å². The summed E-state index contributed by atoms with van der Waals surface area (Å²) in [7, 11) is 1.64. The van der Waals surface area contributed by atoms with Crippen LogP contribution in [0.1, 0.15) is 21.5 Å². The van der Waals surface area contributed by atoms with Gasteiger partial charge >= 0.3 is 5.97 Å². The number of aromatic carboxylic acids is 1. The van der Waals surface area contributed by atoms with Crippen molar-refractivity contribution in [1.82, 2.24) is 5.16 Å². The van der Waals surface area contributed by atoms with Crippen molar-refractivity contribution in [3.8, 4) is 28.2 Å². The fraction of sp³-hybridized carbons (Fsp3) is 0.158. The van der Waals surface area contributed by atoms with E-state index in [1.165, 1.54) is 0 Å². The minimum atomic E-state index is -0.953. The molecule has 0 unspecified atom stereocenters. The standard InChI is InChI=1S/C19H17NO4/c1-11-8-15(9-17(23-3)12(11)2)18-16(10-20-24-18)13-4-6-14(7-5-13)19(21)22/h4-10H,1-3H3,(H,21,22). The van der Waals surface area contributed by atoms with Crippen molar-refractivity contribution in [3.05, 3.63) is 59.3 Å². The molecule has 0 aliphatic heterocycles. The normalized spacial score (nSPS) is 10.6. The van der Waals surface area contributed by atoms with Crippen LogP contribution in [0.4, 0.5) is 0 Å². The number of carboxylic acid groups (broad SMARTS) is 1. The Kier molecular flexibility index (Phi) is 4.08. The number of carbonyl (C=O) groups is 1. The maximum atomic E-state index is 11.0. The van der Waals surface area contributed by atoms with Gasteiger partial charge in [0.1, 0.15) is 5.75 Å². The third-order valence-corrected chi connectivity index (χ3v) is 4.12. The fourth-order valence-corrected chi connectivity index (χ4v) is 2.62. The molecular weight excluding hydrogens is 306 g/mol. The zero-order valence-electron chi connectivity index (χ0n) is 13.7. The second-order valence-corrected chi connectivity index (χ2v) is 5.57. The van der Waals surface area contributed by atoms with Gasteiger partial charge in [0.25, 0.3) is 0 Å². The van der Waals surface area contributed by atoms with Gasteiger partial charge in [-0.3, -0.25) is 0 Å². The van der Waals surface area contributed by atoms with Crippen molar-refractivity contribution in [2.45, 2.75) is 13.8 Å². The van der Waals surface area contributed by atoms with Crippen molar-refractivity contribution in [2.24, 2.45) is 0 Å². The average Bonchev–Trinajstić information content (AvgIpc) is 3.07. The highest BCUT2D eigenvalue weighted by Crippen LogP contribution is 2.36. The largest absolute Gasteiger partial charge is 0.496 e. The minimum absolute atomic E-state index is 0.240. The molecule has 5 nitrogen and oxygen atoms in total. The Hall–Kier alpha value is -3.08. The Morgan fingerprint density at radius 3 is 2.46 bits per heavy atom. The first-order chi connectivity index (χ1) is 11.5. The van der Waals surface area contributed by atoms with E-state index in [1.54, 1.807) is 37.6 Å². The lowest BCUT2D eigenvalue weighted by Gasteiger charge is -2.10. The second-order valence-electron chi connectivity index (χ2n) is 5.57. The van der Waals surface area contributed by atoms with E-state index in [1.807, 2.05) is 26.0 Å². The van der Waals surface area contributed by atoms with Gasteiger partial charge in [0, 0.05) is 11.1 Å². The summed E-state index contributed by atoms with van der Waals surface area (Å²) in [6.45, 7) is 4.02. The maximum Gasteiger partial charge on any atom is 0.335 e. The van der Waals surface area contributed by atoms with Gasteiger partial charge in [-0.2, -0.15) is 0 Å². The van der Waals surface area contributed by atoms with Crippen LogP contribution in [0.2, 0.25) is 0 Å². The van der Waals surface area contributed by atoms with E-state index < -0.39 is 5.97 Å². The number of methoxy groups -OCH3 is 1. The van der Waals surface area contributed by atoms with Crippen LogP contribution in [0, 0.1) is 13.8 Å². The number of benzene rings is 2. The molecule has 3 rings (SSSR count). The van der Waals surface area contributed by atoms with Crippen LogP contribution in [-0.4, -0.2) is 23.3 Å². The molecular formula is C19H17NO4. The lowest BCUT2D eigenvalue weighted by molar-refractivity contribution is 0.0697. The van der Waals surface area contributed by atoms with E-state index in [2.05, 4.69) is 5.16 Å². The van der Waals surface area contributed by atoms with Crippen LogP contribution in [-0.2, 0) is 0 Å². The molecule has 0 bridgehead atoms. The number of aromatic nitrogens is 1. The molecule has 0 saturated heterocycles. The van der Waals surface area contributed by atoms with E-state index in [9.17, 15) is 4.79 Å². The van der Waals surface area contributed by atoms with Gasteiger partial charge < -0.3 is 14.4 Å². The molecule has 24 heavy (non-hydrogen) atoms. The van der Waals surface area contributed by atoms with Crippen LogP contribution >= 0.6 is 0 Å². The summed E-state index contributed by atoms with van der Waals surface area (Å²) in [4.78, 5) is 11.0. The molecule has 0 atom stereocenters. The highest BCUT2D eigenvalue weighted by Gasteiger charge is 2.16. The third-order valence-electron chi connectivity index (χ3n) is 4.12. The Labute approximate surface area is 139 Å². The molecule has 2 aromatic carbocycles. The van der Waals surface area contributed by atoms with Crippen molar-refractivity contribution in [3.63, 3.8) is 0 Å². The summed E-state index contributed by atoms with van der Waals surface area (Å²) < 4.78 is 10.9. The molecule has 0 radical (unpaired) electrons. The van der Waals surface area contributed by atoms with Crippen molar-refractivity contribution < 1.29 is 19.2 Å². The molecule has 0 saturated carbocycles. The number of ether oxygens (including phenoxy) is 1. The number of aryl methyl sites for hydroxylation is 1. The van der Waals surface area contributed by atoms with Gasteiger partial charge in [0.05, 0.1) is 18.9 Å². The smallest absolute Gasteiger partial charge is 0.335 e. The molecule has 1 N–H and O–H groups in total. The van der Waals surface area contributed by atoms with E-state index in [0.717, 1.165) is 33.6 Å². The molecule has 0 fully saturated rings. The second kappa shape index (κ2) is 6.20. The molecule has 122 valence electrons. The first-order valence-corrected chi connectivity index (χ1v) is 7.45. The Morgan fingerprint density at radius 2 is 1.83 bits per heavy atom. The van der Waals surface area contributed by atoms with Gasteiger partial charge in [-0.05, 0) is 54.8 Å². The zero-order valence-corrected chi connectivity index (χ0v) is 13.7. The van der Waals surface area contributed by atoms with Crippen molar-refractivity contribution in [2.75, 3.05) is 7.11 Å². The minimum Gasteiger partial charge on any atom is -0.496 e. The predicted molar refractivity (Wildman–Crippen MR) is 90.4 cm³/mol. The fourth-order valence-electron chi connectivity index (χ4n) is 2.62. The van der Waals surface area contributed by atoms with Gasteiger partial charge in [0.15, 0.2) is 5.76 Å². The number of carboxylic acids is 1. The highest BCUT2D eigenvalue weighted by atomic mass is 16.5. The summed E-state index contributed by atoms with van der Waals surface area (Å²) in [6.07, 6.45) is 1.63. The molecule has 1 heterocycles. The molecule has 0 amide bonds. The molecule has 0 spiro atoms. The van der Waals surface area contributed by atoms with Crippen molar-refractivity contribution >= 4 is 5.97 Å². The summed E-state index contributed by atoms with van der Waals surface area (Å²) in [5, 5.41) is 12.9. The number of rotatable bonds is 4. The zero-order chi connectivity index (χ0) is 17.3. The first kappa shape index (κ1) is 15.8. The highest BCUT2D eigenvalue weighted by molar-refractivity contribution is 5.89. The lowest BCUT2D eigenvalue weighted by atomic mass is 9.98. The van der Waals surface area contributed by atoms with Crippen LogP contribution in [0.3, 0.4) is 0 Å². The van der Waals surface area contributed by atoms with Gasteiger partial charge in [0.2, 0.25) is 0 Å². The molecule has 1 aromatic heterocycles. The number of nitrogens with zero attached hydrogens (tertiary/aromatic N) is 1. The number of hydrogen-bond acceptors (Lipinski definition) is 4. The molecule has 0 aliphatic rings. The Balaban J connectivity index is 2.08. The van der Waals surface area contributed by atoms with Crippen LogP contribution in [0.5, 0.6) is 5.75 Å². The first-order valence-electron chi connectivity index (χ1n) is 7.45. The van der Waals surface area contributed by atoms with E-state index >= 15 is 0 Å². The van der Waals surface area contributed by atoms with Gasteiger partial charge in [-0.25, -0.2) is 4.79 Å². The van der Waals surface area contributed by atoms with Gasteiger partial charge in [-0.15, -0.1) is 0 Å². The average molecular weight is 323 g/mol. The third kappa shape index (κ3) is 2.76. The molecule has 5 heteroatoms. The van der Waals surface area contributed by atoms with E-state index in [0.29, 0.717) is 5.76 Å². The summed E-state index contributed by atoms with van der Waals surface area (Å²) in [6, 6.07) is 10.6. The molecule has 0 aliphatic carbocycles. The quantitative estimate of drug-likeness (QED) is 0.773. The SMILES string of the molecule is COc1cc(-c2oncc2-c2ccc(C(=O)O)cc2)cc(C)c1C. The van der Waals surface area contributed by atoms with Crippen LogP contribution in [0.15, 0.2) is 47.1 Å². The monoisotopic (exact) mass is 323 g/mol. The van der Waals surface area contributed by atoms with Crippen LogP contribution in [0.25, 0.3) is 22.5 Å². The summed E-state index contributed by atoms with van der Waals surface area (Å²) >= 11 is 0. The number of hydrogen-bond donors (Lipinski definition) is 1. The van der Waals surface area contributed by atoms with Crippen LogP contribution < -0.4 is 4.74 Å². The topological polar surface area (TPSA) is 72.6 Å². The Morgan fingerprint density at radius 1 is 1.12 bits per heavy atom. The molecule has 3 aromatic rings.